The molecule has 0 N–H and O–H groups in total. The third-order valence-electron chi connectivity index (χ3n) is 2.87. The zero-order chi connectivity index (χ0) is 11.8. The van der Waals surface area contributed by atoms with Crippen molar-refractivity contribution in [2.24, 2.45) is 5.41 Å². The van der Waals surface area contributed by atoms with E-state index >= 15 is 0 Å². The summed E-state index contributed by atoms with van der Waals surface area (Å²) in [6, 6.07) is 0. The minimum Gasteiger partial charge on any atom is -0.238 e. The predicted octanol–water partition coefficient (Wildman–Crippen LogP) is 3.60. The van der Waals surface area contributed by atoms with Gasteiger partial charge in [-0.3, -0.25) is 0 Å². The van der Waals surface area contributed by atoms with Crippen LogP contribution in [0.1, 0.15) is 50.7 Å². The minimum atomic E-state index is 0.215. The van der Waals surface area contributed by atoms with Gasteiger partial charge in [0.2, 0.25) is 0 Å². The topological polar surface area (TPSA) is 25.8 Å². The van der Waals surface area contributed by atoms with Gasteiger partial charge < -0.3 is 0 Å². The van der Waals surface area contributed by atoms with E-state index in [9.17, 15) is 0 Å². The molecule has 1 aromatic heterocycles. The van der Waals surface area contributed by atoms with Crippen molar-refractivity contribution in [2.75, 3.05) is 0 Å². The van der Waals surface area contributed by atoms with Gasteiger partial charge in [0.25, 0.3) is 0 Å². The summed E-state index contributed by atoms with van der Waals surface area (Å²) in [5, 5.41) is 0.684. The van der Waals surface area contributed by atoms with Crippen LogP contribution in [0.5, 0.6) is 0 Å². The van der Waals surface area contributed by atoms with Gasteiger partial charge >= 0.3 is 0 Å². The van der Waals surface area contributed by atoms with Crippen LogP contribution in [0.15, 0.2) is 0 Å². The maximum absolute atomic E-state index is 6.23. The van der Waals surface area contributed by atoms with Gasteiger partial charge in [-0.2, -0.15) is 0 Å². The van der Waals surface area contributed by atoms with Gasteiger partial charge in [-0.1, -0.05) is 32.4 Å². The highest BCUT2D eigenvalue weighted by Gasteiger charge is 2.19. The quantitative estimate of drug-likeness (QED) is 0.699. The fraction of sp³-hybridized carbons (Fsp3) is 0.692. The van der Waals surface area contributed by atoms with Gasteiger partial charge in [0, 0.05) is 17.7 Å². The Morgan fingerprint density at radius 2 is 1.81 bits per heavy atom. The fourth-order valence-electron chi connectivity index (χ4n) is 2.15. The molecule has 0 fully saturated rings. The Bertz CT molecular complexity index is 394. The SMILES string of the molecule is CC(C)(C)Cc1nc(Cl)c2c(n1)CCCC2. The molecule has 0 atom stereocenters. The Morgan fingerprint density at radius 3 is 2.50 bits per heavy atom. The van der Waals surface area contributed by atoms with Crippen LogP contribution in [0, 0.1) is 5.41 Å². The average molecular weight is 239 g/mol. The molecule has 0 spiro atoms. The summed E-state index contributed by atoms with van der Waals surface area (Å²) >= 11 is 6.23. The first-order valence-electron chi connectivity index (χ1n) is 6.00. The Morgan fingerprint density at radius 1 is 1.12 bits per heavy atom. The molecule has 0 aromatic carbocycles. The third kappa shape index (κ3) is 2.73. The second-order valence-corrected chi connectivity index (χ2v) is 6.16. The van der Waals surface area contributed by atoms with E-state index in [2.05, 4.69) is 30.7 Å². The van der Waals surface area contributed by atoms with E-state index in [-0.39, 0.29) is 5.41 Å². The molecule has 3 heteroatoms. The van der Waals surface area contributed by atoms with Crippen LogP contribution in [0.4, 0.5) is 0 Å². The predicted molar refractivity (Wildman–Crippen MR) is 66.8 cm³/mol. The average Bonchev–Trinajstić information content (AvgIpc) is 2.15. The van der Waals surface area contributed by atoms with Crippen molar-refractivity contribution in [1.29, 1.82) is 0 Å². The summed E-state index contributed by atoms with van der Waals surface area (Å²) in [4.78, 5) is 9.09. The highest BCUT2D eigenvalue weighted by molar-refractivity contribution is 6.30. The number of nitrogens with zero attached hydrogens (tertiary/aromatic N) is 2. The number of hydrogen-bond donors (Lipinski definition) is 0. The number of hydrogen-bond acceptors (Lipinski definition) is 2. The molecule has 0 bridgehead atoms. The van der Waals surface area contributed by atoms with E-state index in [0.29, 0.717) is 5.15 Å². The lowest BCUT2D eigenvalue weighted by Crippen LogP contribution is -2.16. The van der Waals surface area contributed by atoms with E-state index in [1.165, 1.54) is 24.1 Å². The Kier molecular flexibility index (Phi) is 3.20. The van der Waals surface area contributed by atoms with E-state index in [0.717, 1.165) is 25.1 Å². The largest absolute Gasteiger partial charge is 0.238 e. The molecule has 1 heterocycles. The molecule has 2 nitrogen and oxygen atoms in total. The normalized spacial score (nSPS) is 16.0. The van der Waals surface area contributed by atoms with Crippen LogP contribution >= 0.6 is 11.6 Å². The highest BCUT2D eigenvalue weighted by atomic mass is 35.5. The summed E-state index contributed by atoms with van der Waals surface area (Å²) in [5.74, 6) is 0.901. The molecule has 0 saturated heterocycles. The van der Waals surface area contributed by atoms with Crippen molar-refractivity contribution in [1.82, 2.24) is 9.97 Å². The van der Waals surface area contributed by atoms with Gasteiger partial charge in [-0.25, -0.2) is 9.97 Å². The summed E-state index contributed by atoms with van der Waals surface area (Å²) in [6.45, 7) is 6.59. The Labute approximate surface area is 102 Å². The molecule has 0 amide bonds. The number of rotatable bonds is 1. The van der Waals surface area contributed by atoms with Gasteiger partial charge in [0.05, 0.1) is 0 Å². The van der Waals surface area contributed by atoms with Crippen molar-refractivity contribution < 1.29 is 0 Å². The first-order valence-corrected chi connectivity index (χ1v) is 6.38. The van der Waals surface area contributed by atoms with Gasteiger partial charge in [-0.05, 0) is 31.1 Å². The molecule has 1 aromatic rings. The van der Waals surface area contributed by atoms with E-state index in [1.807, 2.05) is 0 Å². The van der Waals surface area contributed by atoms with Crippen LogP contribution in [-0.4, -0.2) is 9.97 Å². The molecule has 1 aliphatic carbocycles. The fourth-order valence-corrected chi connectivity index (χ4v) is 2.45. The van der Waals surface area contributed by atoms with Crippen LogP contribution in [0.25, 0.3) is 0 Å². The Balaban J connectivity index is 2.32. The monoisotopic (exact) mass is 238 g/mol. The van der Waals surface area contributed by atoms with Crippen molar-refractivity contribution in [3.63, 3.8) is 0 Å². The second-order valence-electron chi connectivity index (χ2n) is 5.80. The van der Waals surface area contributed by atoms with Gasteiger partial charge in [0.15, 0.2) is 0 Å². The number of fused-ring (bicyclic) bond motifs is 1. The lowest BCUT2D eigenvalue weighted by Gasteiger charge is -2.20. The molecule has 0 radical (unpaired) electrons. The zero-order valence-corrected chi connectivity index (χ0v) is 11.1. The third-order valence-corrected chi connectivity index (χ3v) is 3.18. The highest BCUT2D eigenvalue weighted by Crippen LogP contribution is 2.27. The molecular formula is C13H19ClN2. The van der Waals surface area contributed by atoms with Crippen LogP contribution < -0.4 is 0 Å². The molecule has 2 rings (SSSR count). The lowest BCUT2D eigenvalue weighted by atomic mass is 9.91. The Hall–Kier alpha value is -0.630. The first kappa shape index (κ1) is 11.8. The lowest BCUT2D eigenvalue weighted by molar-refractivity contribution is 0.399. The molecule has 16 heavy (non-hydrogen) atoms. The van der Waals surface area contributed by atoms with Crippen LogP contribution in [0.2, 0.25) is 5.15 Å². The second kappa shape index (κ2) is 4.33. The number of aromatic nitrogens is 2. The maximum atomic E-state index is 6.23. The number of halogens is 1. The molecule has 0 aliphatic heterocycles. The van der Waals surface area contributed by atoms with E-state index in [1.54, 1.807) is 0 Å². The molecule has 0 unspecified atom stereocenters. The van der Waals surface area contributed by atoms with Gasteiger partial charge in [-0.15, -0.1) is 0 Å². The maximum Gasteiger partial charge on any atom is 0.136 e. The van der Waals surface area contributed by atoms with Gasteiger partial charge in [0.1, 0.15) is 11.0 Å². The minimum absolute atomic E-state index is 0.215. The van der Waals surface area contributed by atoms with Crippen LogP contribution in [-0.2, 0) is 19.3 Å². The number of aryl methyl sites for hydroxylation is 1. The van der Waals surface area contributed by atoms with E-state index < -0.39 is 0 Å². The summed E-state index contributed by atoms with van der Waals surface area (Å²) in [5.41, 5.74) is 2.59. The van der Waals surface area contributed by atoms with E-state index in [4.69, 9.17) is 11.6 Å². The van der Waals surface area contributed by atoms with Crippen LogP contribution in [0.3, 0.4) is 0 Å². The zero-order valence-electron chi connectivity index (χ0n) is 10.3. The summed E-state index contributed by atoms with van der Waals surface area (Å²) < 4.78 is 0. The summed E-state index contributed by atoms with van der Waals surface area (Å²) in [6.07, 6.45) is 5.45. The molecular weight excluding hydrogens is 220 g/mol. The van der Waals surface area contributed by atoms with Crippen molar-refractivity contribution >= 4 is 11.6 Å². The molecule has 1 aliphatic rings. The smallest absolute Gasteiger partial charge is 0.136 e. The molecule has 0 saturated carbocycles. The standard InChI is InChI=1S/C13H19ClN2/c1-13(2,3)8-11-15-10-7-5-4-6-9(10)12(14)16-11/h4-8H2,1-3H3. The van der Waals surface area contributed by atoms with Crippen molar-refractivity contribution in [2.45, 2.75) is 52.9 Å². The molecule has 88 valence electrons. The first-order chi connectivity index (χ1) is 7.46. The summed E-state index contributed by atoms with van der Waals surface area (Å²) in [7, 11) is 0. The van der Waals surface area contributed by atoms with Crippen molar-refractivity contribution in [3.8, 4) is 0 Å². The van der Waals surface area contributed by atoms with Crippen molar-refractivity contribution in [3.05, 3.63) is 22.2 Å².